The van der Waals surface area contributed by atoms with Gasteiger partial charge in [0.1, 0.15) is 5.56 Å². The van der Waals surface area contributed by atoms with Crippen LogP contribution in [0.1, 0.15) is 33.4 Å². The molecular weight excluding hydrogens is 288 g/mol. The molecular formula is C15H16N2O3S. The predicted molar refractivity (Wildman–Crippen MR) is 81.0 cm³/mol. The predicted octanol–water partition coefficient (Wildman–Crippen LogP) is 2.54. The largest absolute Gasteiger partial charge is 0.480 e. The average Bonchev–Trinajstić information content (AvgIpc) is 3.01. The summed E-state index contributed by atoms with van der Waals surface area (Å²) in [5.74, 6) is -0.00540. The second-order valence-electron chi connectivity index (χ2n) is 4.54. The summed E-state index contributed by atoms with van der Waals surface area (Å²) in [6, 6.07) is 6.65. The molecule has 0 spiro atoms. The van der Waals surface area contributed by atoms with E-state index in [-0.39, 0.29) is 30.0 Å². The molecule has 0 aromatic carbocycles. The lowest BCUT2D eigenvalue weighted by Crippen LogP contribution is -2.34. The van der Waals surface area contributed by atoms with Crippen LogP contribution >= 0.6 is 11.3 Å². The Morgan fingerprint density at radius 2 is 2.19 bits per heavy atom. The lowest BCUT2D eigenvalue weighted by Gasteiger charge is -2.13. The van der Waals surface area contributed by atoms with E-state index in [4.69, 9.17) is 4.74 Å². The van der Waals surface area contributed by atoms with Gasteiger partial charge in [-0.3, -0.25) is 9.59 Å². The zero-order valence-electron chi connectivity index (χ0n) is 11.8. The van der Waals surface area contributed by atoms with Gasteiger partial charge in [-0.1, -0.05) is 6.07 Å². The summed E-state index contributed by atoms with van der Waals surface area (Å²) < 4.78 is 5.05. The van der Waals surface area contributed by atoms with Gasteiger partial charge in [0.25, 0.3) is 5.91 Å². The molecule has 0 radical (unpaired) electrons. The number of aromatic nitrogens is 1. The molecule has 0 aliphatic rings. The van der Waals surface area contributed by atoms with Crippen LogP contribution in [0.2, 0.25) is 0 Å². The number of methoxy groups -OCH3 is 1. The fraction of sp³-hybridized carbons (Fsp3) is 0.267. The normalized spacial score (nSPS) is 11.7. The van der Waals surface area contributed by atoms with E-state index in [1.807, 2.05) is 11.4 Å². The van der Waals surface area contributed by atoms with E-state index in [2.05, 4.69) is 10.3 Å². The number of nitrogens with one attached hydrogen (secondary N) is 1. The molecule has 21 heavy (non-hydrogen) atoms. The molecule has 0 bridgehead atoms. The zero-order chi connectivity index (χ0) is 15.2. The van der Waals surface area contributed by atoms with E-state index >= 15 is 0 Å². The molecule has 2 heterocycles. The van der Waals surface area contributed by atoms with Crippen molar-refractivity contribution < 1.29 is 14.3 Å². The Labute approximate surface area is 127 Å². The summed E-state index contributed by atoms with van der Waals surface area (Å²) in [5, 5.41) is 4.65. The quantitative estimate of drug-likeness (QED) is 0.833. The van der Waals surface area contributed by atoms with E-state index in [0.717, 1.165) is 0 Å². The minimum Gasteiger partial charge on any atom is -0.480 e. The van der Waals surface area contributed by atoms with E-state index in [9.17, 15) is 9.59 Å². The van der Waals surface area contributed by atoms with Crippen molar-refractivity contribution in [1.82, 2.24) is 10.3 Å². The molecule has 0 saturated heterocycles. The number of hydrogen-bond donors (Lipinski definition) is 1. The number of pyridine rings is 1. The van der Waals surface area contributed by atoms with Crippen molar-refractivity contribution in [1.29, 1.82) is 0 Å². The molecule has 110 valence electrons. The summed E-state index contributed by atoms with van der Waals surface area (Å²) in [5.41, 5.74) is 0.357. The number of ketones is 1. The summed E-state index contributed by atoms with van der Waals surface area (Å²) in [7, 11) is 1.46. The Hall–Kier alpha value is -2.21. The number of nitrogens with zero attached hydrogens (tertiary/aromatic N) is 1. The Kier molecular flexibility index (Phi) is 5.05. The highest BCUT2D eigenvalue weighted by molar-refractivity contribution is 7.12. The number of amides is 1. The first-order valence-corrected chi connectivity index (χ1v) is 7.36. The summed E-state index contributed by atoms with van der Waals surface area (Å²) in [4.78, 5) is 28.8. The molecule has 0 aliphatic heterocycles. The van der Waals surface area contributed by atoms with Crippen LogP contribution in [0, 0.1) is 0 Å². The van der Waals surface area contributed by atoms with Gasteiger partial charge in [0, 0.05) is 18.7 Å². The van der Waals surface area contributed by atoms with Crippen LogP contribution < -0.4 is 10.1 Å². The Bertz CT molecular complexity index is 626. The summed E-state index contributed by atoms with van der Waals surface area (Å²) in [6.45, 7) is 1.80. The first kappa shape index (κ1) is 15.2. The number of thiophene rings is 1. The van der Waals surface area contributed by atoms with Crippen LogP contribution in [0.15, 0.2) is 35.8 Å². The van der Waals surface area contributed by atoms with Crippen LogP contribution in [-0.2, 0) is 0 Å². The zero-order valence-corrected chi connectivity index (χ0v) is 12.6. The number of rotatable bonds is 6. The fourth-order valence-electron chi connectivity index (χ4n) is 1.89. The molecule has 1 amide bonds. The Morgan fingerprint density at radius 3 is 2.86 bits per heavy atom. The van der Waals surface area contributed by atoms with Crippen LogP contribution in [0.4, 0.5) is 0 Å². The van der Waals surface area contributed by atoms with Gasteiger partial charge in [0.2, 0.25) is 5.88 Å². The highest BCUT2D eigenvalue weighted by atomic mass is 32.1. The van der Waals surface area contributed by atoms with Gasteiger partial charge < -0.3 is 10.1 Å². The number of carbonyl (C=O) groups is 2. The highest BCUT2D eigenvalue weighted by Gasteiger charge is 2.17. The number of ether oxygens (including phenoxy) is 1. The minimum absolute atomic E-state index is 0.0240. The van der Waals surface area contributed by atoms with Crippen LogP contribution in [0.25, 0.3) is 0 Å². The number of hydrogen-bond acceptors (Lipinski definition) is 5. The smallest absolute Gasteiger partial charge is 0.256 e. The van der Waals surface area contributed by atoms with Gasteiger partial charge in [-0.25, -0.2) is 4.98 Å². The van der Waals surface area contributed by atoms with Crippen molar-refractivity contribution in [3.05, 3.63) is 46.3 Å². The molecule has 0 saturated carbocycles. The Balaban J connectivity index is 1.97. The first-order valence-electron chi connectivity index (χ1n) is 6.48. The molecule has 0 fully saturated rings. The van der Waals surface area contributed by atoms with Crippen molar-refractivity contribution in [2.24, 2.45) is 0 Å². The molecule has 2 rings (SSSR count). The molecule has 5 nitrogen and oxygen atoms in total. The van der Waals surface area contributed by atoms with Gasteiger partial charge in [-0.05, 0) is 30.5 Å². The van der Waals surface area contributed by atoms with E-state index in [0.29, 0.717) is 10.4 Å². The second kappa shape index (κ2) is 6.99. The van der Waals surface area contributed by atoms with Crippen molar-refractivity contribution in [2.75, 3.05) is 7.11 Å². The summed E-state index contributed by atoms with van der Waals surface area (Å²) >= 11 is 1.40. The molecule has 0 aliphatic carbocycles. The molecule has 1 N–H and O–H groups in total. The van der Waals surface area contributed by atoms with Crippen LogP contribution in [0.5, 0.6) is 5.88 Å². The van der Waals surface area contributed by atoms with Crippen molar-refractivity contribution in [2.45, 2.75) is 19.4 Å². The fourth-order valence-corrected chi connectivity index (χ4v) is 2.57. The van der Waals surface area contributed by atoms with E-state index in [1.54, 1.807) is 31.3 Å². The topological polar surface area (TPSA) is 68.3 Å². The summed E-state index contributed by atoms with van der Waals surface area (Å²) in [6.07, 6.45) is 1.81. The van der Waals surface area contributed by atoms with Crippen molar-refractivity contribution in [3.8, 4) is 5.88 Å². The van der Waals surface area contributed by atoms with Crippen LogP contribution in [-0.4, -0.2) is 29.8 Å². The van der Waals surface area contributed by atoms with Gasteiger partial charge in [-0.2, -0.15) is 0 Å². The van der Waals surface area contributed by atoms with Crippen molar-refractivity contribution >= 4 is 23.0 Å². The number of carbonyl (C=O) groups excluding carboxylic acids is 2. The lowest BCUT2D eigenvalue weighted by atomic mass is 10.1. The number of Topliss-reactive ketones (excluding diaryl/α,β-unsaturated/α-hetero) is 1. The molecule has 1 atom stereocenters. The average molecular weight is 304 g/mol. The van der Waals surface area contributed by atoms with Crippen LogP contribution in [0.3, 0.4) is 0 Å². The highest BCUT2D eigenvalue weighted by Crippen LogP contribution is 2.15. The Morgan fingerprint density at radius 1 is 1.38 bits per heavy atom. The third kappa shape index (κ3) is 3.88. The maximum atomic E-state index is 12.2. The lowest BCUT2D eigenvalue weighted by molar-refractivity contribution is 0.0916. The second-order valence-corrected chi connectivity index (χ2v) is 5.49. The van der Waals surface area contributed by atoms with Gasteiger partial charge in [-0.15, -0.1) is 11.3 Å². The van der Waals surface area contributed by atoms with Gasteiger partial charge in [0.05, 0.1) is 12.0 Å². The maximum absolute atomic E-state index is 12.2. The molecule has 0 unspecified atom stereocenters. The van der Waals surface area contributed by atoms with E-state index in [1.165, 1.54) is 18.4 Å². The SMILES string of the molecule is COc1ncccc1C(=O)N[C@@H](C)CC(=O)c1cccs1. The third-order valence-corrected chi connectivity index (χ3v) is 3.79. The molecule has 2 aromatic rings. The minimum atomic E-state index is -0.300. The van der Waals surface area contributed by atoms with Crippen molar-refractivity contribution in [3.63, 3.8) is 0 Å². The van der Waals surface area contributed by atoms with Gasteiger partial charge >= 0.3 is 0 Å². The standard InChI is InChI=1S/C15H16N2O3S/c1-10(9-12(18)13-6-4-8-21-13)17-14(19)11-5-3-7-16-15(11)20-2/h3-8,10H,9H2,1-2H3,(H,17,19)/t10-/m0/s1. The van der Waals surface area contributed by atoms with E-state index < -0.39 is 0 Å². The first-order chi connectivity index (χ1) is 10.1. The molecule has 2 aromatic heterocycles. The monoisotopic (exact) mass is 304 g/mol. The molecule has 6 heteroatoms. The van der Waals surface area contributed by atoms with Gasteiger partial charge in [0.15, 0.2) is 5.78 Å². The third-order valence-electron chi connectivity index (χ3n) is 2.87. The maximum Gasteiger partial charge on any atom is 0.256 e.